The molecule has 0 saturated heterocycles. The van der Waals surface area contributed by atoms with Crippen LogP contribution in [0.15, 0.2) is 89.8 Å². The molecular weight excluding hydrogens is 350 g/mol. The van der Waals surface area contributed by atoms with Crippen molar-refractivity contribution in [2.45, 2.75) is 36.3 Å². The molecule has 3 aromatic carbocycles. The monoisotopic (exact) mass is 375 g/mol. The van der Waals surface area contributed by atoms with Gasteiger partial charge >= 0.3 is 0 Å². The highest BCUT2D eigenvalue weighted by Crippen LogP contribution is 2.37. The average Bonchev–Trinajstić information content (AvgIpc) is 2.73. The van der Waals surface area contributed by atoms with E-state index in [1.807, 2.05) is 78.9 Å². The van der Waals surface area contributed by atoms with E-state index in [9.17, 15) is 4.79 Å². The third-order valence-electron chi connectivity index (χ3n) is 4.70. The van der Waals surface area contributed by atoms with Gasteiger partial charge in [0, 0.05) is 10.6 Å². The molecule has 2 nitrogen and oxygen atoms in total. The number of carbonyl (C=O) groups is 1. The number of para-hydroxylation sites is 1. The number of rotatable bonds is 7. The van der Waals surface area contributed by atoms with Gasteiger partial charge in [-0.2, -0.15) is 0 Å². The van der Waals surface area contributed by atoms with Crippen molar-refractivity contribution in [2.24, 2.45) is 0 Å². The molecule has 3 heteroatoms. The van der Waals surface area contributed by atoms with Crippen LogP contribution in [0, 0.1) is 0 Å². The van der Waals surface area contributed by atoms with Crippen LogP contribution in [0.1, 0.15) is 42.6 Å². The summed E-state index contributed by atoms with van der Waals surface area (Å²) in [6, 6.07) is 28.1. The minimum absolute atomic E-state index is 0.00538. The van der Waals surface area contributed by atoms with Crippen molar-refractivity contribution in [2.75, 3.05) is 5.32 Å². The highest BCUT2D eigenvalue weighted by Gasteiger charge is 2.23. The molecule has 0 unspecified atom stereocenters. The van der Waals surface area contributed by atoms with Crippen LogP contribution in [-0.2, 0) is 4.79 Å². The minimum Gasteiger partial charge on any atom is -0.325 e. The van der Waals surface area contributed by atoms with Gasteiger partial charge in [0.2, 0.25) is 5.91 Å². The van der Waals surface area contributed by atoms with Gasteiger partial charge in [0.15, 0.2) is 0 Å². The molecule has 0 aliphatic heterocycles. The molecule has 1 amide bonds. The summed E-state index contributed by atoms with van der Waals surface area (Å²) in [7, 11) is 0. The number of benzene rings is 3. The van der Waals surface area contributed by atoms with Gasteiger partial charge in [-0.05, 0) is 41.7 Å². The molecule has 1 N–H and O–H groups in total. The van der Waals surface area contributed by atoms with Crippen LogP contribution >= 0.6 is 11.8 Å². The second-order valence-corrected chi connectivity index (χ2v) is 7.79. The number of amides is 1. The van der Waals surface area contributed by atoms with Crippen molar-refractivity contribution in [1.29, 1.82) is 0 Å². The molecule has 138 valence electrons. The van der Waals surface area contributed by atoms with Crippen molar-refractivity contribution in [3.05, 3.63) is 96.1 Å². The summed E-state index contributed by atoms with van der Waals surface area (Å²) in [5.74, 6) is 0.407. The van der Waals surface area contributed by atoms with Crippen LogP contribution in [-0.4, -0.2) is 5.91 Å². The van der Waals surface area contributed by atoms with Gasteiger partial charge in [-0.1, -0.05) is 80.6 Å². The fraction of sp³-hybridized carbons (Fsp3) is 0.208. The van der Waals surface area contributed by atoms with Gasteiger partial charge in [0.25, 0.3) is 0 Å². The van der Waals surface area contributed by atoms with Gasteiger partial charge in [-0.3, -0.25) is 4.79 Å². The first-order valence-corrected chi connectivity index (χ1v) is 10.2. The quantitative estimate of drug-likeness (QED) is 0.467. The fourth-order valence-electron chi connectivity index (χ4n) is 2.99. The zero-order valence-electron chi connectivity index (χ0n) is 15.8. The van der Waals surface area contributed by atoms with Crippen molar-refractivity contribution in [1.82, 2.24) is 0 Å². The lowest BCUT2D eigenvalue weighted by Crippen LogP contribution is -2.20. The maximum atomic E-state index is 13.2. The first kappa shape index (κ1) is 19.2. The predicted octanol–water partition coefficient (Wildman–Crippen LogP) is 6.67. The van der Waals surface area contributed by atoms with Gasteiger partial charge in [-0.25, -0.2) is 0 Å². The SMILES string of the molecule is CC[C@H](C)c1ccccc1NC(=O)[C@H](Sc1ccccc1)c1ccccc1. The van der Waals surface area contributed by atoms with E-state index in [1.54, 1.807) is 11.8 Å². The average molecular weight is 376 g/mol. The standard InChI is InChI=1S/C24H25NOS/c1-3-18(2)21-16-10-11-17-22(21)25-24(26)23(19-12-6-4-7-13-19)27-20-14-8-5-9-15-20/h4-18,23H,3H2,1-2H3,(H,25,26)/t18-,23+/m0/s1. The Labute approximate surface area is 166 Å². The highest BCUT2D eigenvalue weighted by atomic mass is 32.2. The molecular formula is C24H25NOS. The molecule has 2 atom stereocenters. The Hall–Kier alpha value is -2.52. The predicted molar refractivity (Wildman–Crippen MR) is 115 cm³/mol. The van der Waals surface area contributed by atoms with Crippen molar-refractivity contribution in [3.8, 4) is 0 Å². The summed E-state index contributed by atoms with van der Waals surface area (Å²) in [6.45, 7) is 4.36. The van der Waals surface area contributed by atoms with E-state index in [-0.39, 0.29) is 11.2 Å². The third-order valence-corrected chi connectivity index (χ3v) is 5.97. The number of thioether (sulfide) groups is 1. The van der Waals surface area contributed by atoms with Crippen LogP contribution in [0.25, 0.3) is 0 Å². The number of carbonyl (C=O) groups excluding carboxylic acids is 1. The zero-order chi connectivity index (χ0) is 19.1. The Kier molecular flexibility index (Phi) is 6.72. The summed E-state index contributed by atoms with van der Waals surface area (Å²) >= 11 is 1.58. The Balaban J connectivity index is 1.88. The van der Waals surface area contributed by atoms with E-state index in [2.05, 4.69) is 25.2 Å². The Morgan fingerprint density at radius 2 is 1.48 bits per heavy atom. The van der Waals surface area contributed by atoms with E-state index < -0.39 is 0 Å². The maximum Gasteiger partial charge on any atom is 0.242 e. The molecule has 0 heterocycles. The Morgan fingerprint density at radius 3 is 2.15 bits per heavy atom. The van der Waals surface area contributed by atoms with Gasteiger partial charge < -0.3 is 5.32 Å². The summed E-state index contributed by atoms with van der Waals surface area (Å²) in [5.41, 5.74) is 3.10. The highest BCUT2D eigenvalue weighted by molar-refractivity contribution is 8.00. The Bertz CT molecular complexity index is 864. The van der Waals surface area contributed by atoms with Crippen molar-refractivity contribution >= 4 is 23.4 Å². The first-order valence-electron chi connectivity index (χ1n) is 9.35. The van der Waals surface area contributed by atoms with Crippen LogP contribution in [0.5, 0.6) is 0 Å². The van der Waals surface area contributed by atoms with E-state index in [0.29, 0.717) is 5.92 Å². The van der Waals surface area contributed by atoms with E-state index in [4.69, 9.17) is 0 Å². The molecule has 0 fully saturated rings. The summed E-state index contributed by atoms with van der Waals surface area (Å²) in [5, 5.41) is 2.88. The van der Waals surface area contributed by atoms with E-state index in [0.717, 1.165) is 22.6 Å². The number of anilines is 1. The minimum atomic E-state index is -0.307. The molecule has 0 aliphatic rings. The molecule has 0 aliphatic carbocycles. The summed E-state index contributed by atoms with van der Waals surface area (Å²) < 4.78 is 0. The number of hydrogen-bond donors (Lipinski definition) is 1. The topological polar surface area (TPSA) is 29.1 Å². The maximum absolute atomic E-state index is 13.2. The molecule has 3 aromatic rings. The molecule has 0 bridgehead atoms. The van der Waals surface area contributed by atoms with Crippen LogP contribution in [0.2, 0.25) is 0 Å². The largest absolute Gasteiger partial charge is 0.325 e. The smallest absolute Gasteiger partial charge is 0.242 e. The molecule has 3 rings (SSSR count). The number of hydrogen-bond acceptors (Lipinski definition) is 2. The van der Waals surface area contributed by atoms with Crippen LogP contribution in [0.3, 0.4) is 0 Å². The van der Waals surface area contributed by atoms with Crippen LogP contribution in [0.4, 0.5) is 5.69 Å². The molecule has 0 spiro atoms. The molecule has 27 heavy (non-hydrogen) atoms. The lowest BCUT2D eigenvalue weighted by molar-refractivity contribution is -0.115. The lowest BCUT2D eigenvalue weighted by Gasteiger charge is -2.20. The fourth-order valence-corrected chi connectivity index (χ4v) is 4.04. The van der Waals surface area contributed by atoms with E-state index in [1.165, 1.54) is 5.56 Å². The second-order valence-electron chi connectivity index (χ2n) is 6.61. The summed E-state index contributed by atoms with van der Waals surface area (Å²) in [6.07, 6.45) is 1.04. The third kappa shape index (κ3) is 5.01. The van der Waals surface area contributed by atoms with Crippen molar-refractivity contribution in [3.63, 3.8) is 0 Å². The van der Waals surface area contributed by atoms with Crippen molar-refractivity contribution < 1.29 is 4.79 Å². The first-order chi connectivity index (χ1) is 13.2. The van der Waals surface area contributed by atoms with Gasteiger partial charge in [-0.15, -0.1) is 11.8 Å². The van der Waals surface area contributed by atoms with Gasteiger partial charge in [0.1, 0.15) is 5.25 Å². The molecule has 0 saturated carbocycles. The normalized spacial score (nSPS) is 13.0. The molecule has 0 aromatic heterocycles. The van der Waals surface area contributed by atoms with Crippen LogP contribution < -0.4 is 5.32 Å². The second kappa shape index (κ2) is 9.43. The summed E-state index contributed by atoms with van der Waals surface area (Å²) in [4.78, 5) is 14.3. The molecule has 0 radical (unpaired) electrons. The lowest BCUT2D eigenvalue weighted by atomic mass is 9.97. The van der Waals surface area contributed by atoms with Gasteiger partial charge in [0.05, 0.1) is 0 Å². The zero-order valence-corrected chi connectivity index (χ0v) is 16.6. The van der Waals surface area contributed by atoms with E-state index >= 15 is 0 Å². The number of nitrogens with one attached hydrogen (secondary N) is 1. The Morgan fingerprint density at radius 1 is 0.889 bits per heavy atom.